The molecule has 4 atom stereocenters. The number of benzene rings is 1. The summed E-state index contributed by atoms with van der Waals surface area (Å²) in [6, 6.07) is 1.92. The molecule has 1 amide bonds. The van der Waals surface area contributed by atoms with Crippen molar-refractivity contribution in [3.8, 4) is 0 Å². The molecule has 3 aliphatic rings. The van der Waals surface area contributed by atoms with Gasteiger partial charge in [0.2, 0.25) is 0 Å². The number of halogens is 2. The topological polar surface area (TPSA) is 55.1 Å². The van der Waals surface area contributed by atoms with Crippen LogP contribution in [-0.2, 0) is 0 Å². The first-order valence-corrected chi connectivity index (χ1v) is 7.11. The summed E-state index contributed by atoms with van der Waals surface area (Å²) in [5.74, 6) is 0.463. The van der Waals surface area contributed by atoms with Gasteiger partial charge in [0.15, 0.2) is 0 Å². The summed E-state index contributed by atoms with van der Waals surface area (Å²) in [6.07, 6.45) is 3.81. The Morgan fingerprint density at radius 3 is 2.45 bits per heavy atom. The molecule has 2 bridgehead atoms. The van der Waals surface area contributed by atoms with E-state index in [2.05, 4.69) is 5.32 Å². The SMILES string of the molecule is Nc1cc(C(=O)NC2C3C4CCC(C4)C23)c(F)cc1F. The molecule has 0 radical (unpaired) electrons. The van der Waals surface area contributed by atoms with Crippen LogP contribution in [0.4, 0.5) is 14.5 Å². The van der Waals surface area contributed by atoms with Crippen molar-refractivity contribution in [2.75, 3.05) is 5.73 Å². The van der Waals surface area contributed by atoms with Crippen LogP contribution < -0.4 is 11.1 Å². The molecule has 3 aliphatic carbocycles. The predicted molar refractivity (Wildman–Crippen MR) is 69.8 cm³/mol. The van der Waals surface area contributed by atoms with E-state index in [4.69, 9.17) is 5.73 Å². The number of nitrogens with one attached hydrogen (secondary N) is 1. The van der Waals surface area contributed by atoms with Gasteiger partial charge in [-0.1, -0.05) is 0 Å². The highest BCUT2D eigenvalue weighted by atomic mass is 19.1. The fraction of sp³-hybridized carbons (Fsp3) is 0.533. The summed E-state index contributed by atoms with van der Waals surface area (Å²) in [7, 11) is 0. The van der Waals surface area contributed by atoms with Gasteiger partial charge in [0.1, 0.15) is 11.6 Å². The molecule has 0 saturated heterocycles. The van der Waals surface area contributed by atoms with Gasteiger partial charge in [-0.15, -0.1) is 0 Å². The van der Waals surface area contributed by atoms with Crippen LogP contribution in [0.25, 0.3) is 0 Å². The van der Waals surface area contributed by atoms with E-state index in [0.717, 1.165) is 17.9 Å². The van der Waals surface area contributed by atoms with E-state index in [9.17, 15) is 13.6 Å². The largest absolute Gasteiger partial charge is 0.396 e. The first kappa shape index (κ1) is 12.1. The zero-order valence-corrected chi connectivity index (χ0v) is 10.9. The minimum atomic E-state index is -0.858. The zero-order chi connectivity index (χ0) is 14.0. The van der Waals surface area contributed by atoms with E-state index in [1.807, 2.05) is 0 Å². The highest BCUT2D eigenvalue weighted by molar-refractivity contribution is 5.95. The number of nitrogens with two attached hydrogens (primary N) is 1. The summed E-state index contributed by atoms with van der Waals surface area (Å²) >= 11 is 0. The molecule has 106 valence electrons. The Morgan fingerprint density at radius 2 is 1.80 bits per heavy atom. The van der Waals surface area contributed by atoms with Crippen LogP contribution in [0.2, 0.25) is 0 Å². The van der Waals surface area contributed by atoms with Crippen LogP contribution in [0, 0.1) is 35.3 Å². The van der Waals surface area contributed by atoms with Crippen LogP contribution in [0.1, 0.15) is 29.6 Å². The molecule has 0 aliphatic heterocycles. The van der Waals surface area contributed by atoms with E-state index >= 15 is 0 Å². The predicted octanol–water partition coefficient (Wildman–Crippen LogP) is 2.32. The van der Waals surface area contributed by atoms with E-state index in [1.165, 1.54) is 19.3 Å². The molecule has 0 heterocycles. The monoisotopic (exact) mass is 278 g/mol. The van der Waals surface area contributed by atoms with Gasteiger partial charge in [-0.3, -0.25) is 4.79 Å². The second-order valence-electron chi connectivity index (χ2n) is 6.34. The maximum atomic E-state index is 13.7. The molecule has 3 nitrogen and oxygen atoms in total. The zero-order valence-electron chi connectivity index (χ0n) is 10.9. The number of carbonyl (C=O) groups is 1. The van der Waals surface area contributed by atoms with Gasteiger partial charge in [0.25, 0.3) is 5.91 Å². The van der Waals surface area contributed by atoms with Crippen molar-refractivity contribution in [1.29, 1.82) is 0 Å². The number of amides is 1. The lowest BCUT2D eigenvalue weighted by molar-refractivity contribution is 0.0940. The molecular weight excluding hydrogens is 262 g/mol. The molecule has 5 heteroatoms. The van der Waals surface area contributed by atoms with Gasteiger partial charge in [-0.25, -0.2) is 8.78 Å². The number of nitrogen functional groups attached to an aromatic ring is 1. The van der Waals surface area contributed by atoms with Crippen molar-refractivity contribution in [2.24, 2.45) is 23.7 Å². The number of hydrogen-bond donors (Lipinski definition) is 2. The molecule has 3 N–H and O–H groups in total. The third-order valence-corrected chi connectivity index (χ3v) is 5.36. The van der Waals surface area contributed by atoms with Crippen molar-refractivity contribution in [2.45, 2.75) is 25.3 Å². The normalized spacial score (nSPS) is 36.8. The number of hydrogen-bond acceptors (Lipinski definition) is 2. The Balaban J connectivity index is 1.51. The molecule has 1 aromatic carbocycles. The maximum absolute atomic E-state index is 13.7. The average molecular weight is 278 g/mol. The van der Waals surface area contributed by atoms with Crippen molar-refractivity contribution >= 4 is 11.6 Å². The Labute approximate surface area is 115 Å². The van der Waals surface area contributed by atoms with E-state index in [-0.39, 0.29) is 17.3 Å². The molecule has 3 fully saturated rings. The lowest BCUT2D eigenvalue weighted by atomic mass is 10.0. The first-order valence-electron chi connectivity index (χ1n) is 7.11. The van der Waals surface area contributed by atoms with Crippen molar-refractivity contribution in [3.05, 3.63) is 29.3 Å². The average Bonchev–Trinajstić information content (AvgIpc) is 2.82. The molecule has 20 heavy (non-hydrogen) atoms. The second kappa shape index (κ2) is 3.93. The minimum absolute atomic E-state index is 0.166. The second-order valence-corrected chi connectivity index (χ2v) is 6.34. The molecule has 1 aromatic rings. The number of fused-ring (bicyclic) bond motifs is 5. The number of rotatable bonds is 2. The Kier molecular flexibility index (Phi) is 2.38. The van der Waals surface area contributed by atoms with Gasteiger partial charge >= 0.3 is 0 Å². The van der Waals surface area contributed by atoms with Crippen molar-refractivity contribution < 1.29 is 13.6 Å². The van der Waals surface area contributed by atoms with Crippen LogP contribution in [-0.4, -0.2) is 11.9 Å². The third-order valence-electron chi connectivity index (χ3n) is 5.36. The molecule has 3 saturated carbocycles. The van der Waals surface area contributed by atoms with Crippen molar-refractivity contribution in [3.63, 3.8) is 0 Å². The van der Waals surface area contributed by atoms with Crippen LogP contribution in [0.15, 0.2) is 12.1 Å². The Morgan fingerprint density at radius 1 is 1.15 bits per heavy atom. The van der Waals surface area contributed by atoms with Crippen LogP contribution in [0.5, 0.6) is 0 Å². The summed E-state index contributed by atoms with van der Waals surface area (Å²) in [5.41, 5.74) is 5.03. The lowest BCUT2D eigenvalue weighted by Crippen LogP contribution is -2.30. The maximum Gasteiger partial charge on any atom is 0.254 e. The summed E-state index contributed by atoms with van der Waals surface area (Å²) in [5, 5.41) is 2.90. The van der Waals surface area contributed by atoms with Gasteiger partial charge in [0.05, 0.1) is 11.3 Å². The van der Waals surface area contributed by atoms with Gasteiger partial charge in [-0.05, 0) is 49.0 Å². The third kappa shape index (κ3) is 1.58. The Bertz CT molecular complexity index is 588. The highest BCUT2D eigenvalue weighted by Gasteiger charge is 2.65. The standard InChI is InChI=1S/C15H16F2N2O/c16-9-5-10(17)11(18)4-8(9)15(20)19-14-12-6-1-2-7(3-6)13(12)14/h4-7,12-14H,1-3,18H2,(H,19,20). The molecule has 0 aromatic heterocycles. The summed E-state index contributed by atoms with van der Waals surface area (Å²) in [4.78, 5) is 12.1. The fourth-order valence-electron chi connectivity index (χ4n) is 4.49. The van der Waals surface area contributed by atoms with Crippen LogP contribution in [0.3, 0.4) is 0 Å². The fourth-order valence-corrected chi connectivity index (χ4v) is 4.49. The lowest BCUT2D eigenvalue weighted by Gasteiger charge is -2.11. The summed E-state index contributed by atoms with van der Waals surface area (Å²) < 4.78 is 26.8. The summed E-state index contributed by atoms with van der Waals surface area (Å²) in [6.45, 7) is 0. The van der Waals surface area contributed by atoms with E-state index in [0.29, 0.717) is 17.9 Å². The van der Waals surface area contributed by atoms with Crippen molar-refractivity contribution in [1.82, 2.24) is 5.32 Å². The smallest absolute Gasteiger partial charge is 0.254 e. The van der Waals surface area contributed by atoms with Gasteiger partial charge in [0, 0.05) is 12.1 Å². The Hall–Kier alpha value is -1.65. The van der Waals surface area contributed by atoms with Crippen LogP contribution >= 0.6 is 0 Å². The van der Waals surface area contributed by atoms with E-state index < -0.39 is 17.5 Å². The number of carbonyl (C=O) groups excluding carboxylic acids is 1. The first-order chi connectivity index (χ1) is 9.56. The molecule has 0 spiro atoms. The highest BCUT2D eigenvalue weighted by Crippen LogP contribution is 2.65. The van der Waals surface area contributed by atoms with E-state index in [1.54, 1.807) is 0 Å². The minimum Gasteiger partial charge on any atom is -0.396 e. The molecule has 4 rings (SSSR count). The van der Waals surface area contributed by atoms with Gasteiger partial charge in [-0.2, -0.15) is 0 Å². The quantitative estimate of drug-likeness (QED) is 0.816. The molecular formula is C15H16F2N2O. The molecule has 4 unspecified atom stereocenters. The van der Waals surface area contributed by atoms with Gasteiger partial charge < -0.3 is 11.1 Å². The number of anilines is 1.